The van der Waals surface area contributed by atoms with Crippen LogP contribution in [0.2, 0.25) is 0 Å². The molecule has 0 atom stereocenters. The van der Waals surface area contributed by atoms with Crippen molar-refractivity contribution in [3.8, 4) is 17.2 Å². The van der Waals surface area contributed by atoms with Crippen LogP contribution in [0.15, 0.2) is 72.8 Å². The van der Waals surface area contributed by atoms with E-state index in [2.05, 4.69) is 0 Å². The van der Waals surface area contributed by atoms with Gasteiger partial charge >= 0.3 is 5.97 Å². The minimum atomic E-state index is -0.636. The summed E-state index contributed by atoms with van der Waals surface area (Å²) in [7, 11) is 0. The predicted molar refractivity (Wildman–Crippen MR) is 99.7 cm³/mol. The number of para-hydroxylation sites is 3. The van der Waals surface area contributed by atoms with E-state index >= 15 is 0 Å². The van der Waals surface area contributed by atoms with E-state index in [4.69, 9.17) is 4.74 Å². The van der Waals surface area contributed by atoms with Crippen molar-refractivity contribution < 1.29 is 19.7 Å². The van der Waals surface area contributed by atoms with Crippen LogP contribution in [0.4, 0.5) is 0 Å². The Hall–Kier alpha value is -3.27. The van der Waals surface area contributed by atoms with E-state index in [1.807, 2.05) is 38.1 Å². The molecule has 4 nitrogen and oxygen atoms in total. The van der Waals surface area contributed by atoms with E-state index in [1.54, 1.807) is 36.4 Å². The number of hydrogen-bond acceptors (Lipinski definition) is 4. The second-order valence-electron chi connectivity index (χ2n) is 6.54. The normalized spacial score (nSPS) is 11.2. The number of benzene rings is 3. The maximum atomic E-state index is 12.5. The van der Waals surface area contributed by atoms with Crippen LogP contribution >= 0.6 is 0 Å². The van der Waals surface area contributed by atoms with Gasteiger partial charge in [0.1, 0.15) is 22.8 Å². The Morgan fingerprint density at radius 1 is 0.769 bits per heavy atom. The summed E-state index contributed by atoms with van der Waals surface area (Å²) in [6.45, 7) is 3.91. The molecule has 0 aliphatic carbocycles. The van der Waals surface area contributed by atoms with Crippen molar-refractivity contribution in [2.24, 2.45) is 0 Å². The first-order chi connectivity index (χ1) is 12.4. The molecule has 0 spiro atoms. The third-order valence-electron chi connectivity index (χ3n) is 4.46. The van der Waals surface area contributed by atoms with E-state index in [-0.39, 0.29) is 17.1 Å². The number of aromatic hydroxyl groups is 2. The van der Waals surface area contributed by atoms with Crippen molar-refractivity contribution in [3.05, 3.63) is 89.5 Å². The number of phenolic OH excluding ortho intramolecular Hbond substituents is 2. The third kappa shape index (κ3) is 3.26. The van der Waals surface area contributed by atoms with E-state index in [9.17, 15) is 15.0 Å². The molecule has 2 N–H and O–H groups in total. The molecule has 3 rings (SSSR count). The molecule has 0 radical (unpaired) electrons. The van der Waals surface area contributed by atoms with Gasteiger partial charge in [-0.3, -0.25) is 0 Å². The van der Waals surface area contributed by atoms with Gasteiger partial charge in [0, 0.05) is 16.5 Å². The summed E-state index contributed by atoms with van der Waals surface area (Å²) in [5, 5.41) is 20.1. The predicted octanol–water partition coefficient (Wildman–Crippen LogP) is 4.64. The minimum Gasteiger partial charge on any atom is -0.508 e. The largest absolute Gasteiger partial charge is 0.508 e. The van der Waals surface area contributed by atoms with Crippen LogP contribution in [-0.2, 0) is 5.41 Å². The molecule has 0 saturated heterocycles. The lowest BCUT2D eigenvalue weighted by Gasteiger charge is -2.28. The van der Waals surface area contributed by atoms with Crippen LogP contribution in [0.5, 0.6) is 17.2 Å². The lowest BCUT2D eigenvalue weighted by Crippen LogP contribution is -2.21. The first-order valence-corrected chi connectivity index (χ1v) is 8.29. The molecule has 0 saturated carbocycles. The maximum absolute atomic E-state index is 12.5. The first kappa shape index (κ1) is 17.5. The SMILES string of the molecule is CC(C)(c1ccccc1O)c1ccccc1OC(=O)c1ccccc1O. The van der Waals surface area contributed by atoms with Crippen LogP contribution in [0.3, 0.4) is 0 Å². The lowest BCUT2D eigenvalue weighted by molar-refractivity contribution is 0.0729. The van der Waals surface area contributed by atoms with Gasteiger partial charge in [0.25, 0.3) is 0 Å². The third-order valence-corrected chi connectivity index (χ3v) is 4.46. The van der Waals surface area contributed by atoms with Gasteiger partial charge in [-0.05, 0) is 24.3 Å². The lowest BCUT2D eigenvalue weighted by atomic mass is 9.77. The highest BCUT2D eigenvalue weighted by atomic mass is 16.5. The summed E-state index contributed by atoms with van der Waals surface area (Å²) in [5.41, 5.74) is 0.986. The van der Waals surface area contributed by atoms with Gasteiger partial charge in [-0.1, -0.05) is 62.4 Å². The van der Waals surface area contributed by atoms with Crippen LogP contribution in [-0.4, -0.2) is 16.2 Å². The molecule has 3 aromatic carbocycles. The second kappa shape index (κ2) is 6.92. The van der Waals surface area contributed by atoms with Crippen molar-refractivity contribution in [2.45, 2.75) is 19.3 Å². The number of ether oxygens (including phenoxy) is 1. The molecule has 0 heterocycles. The highest BCUT2D eigenvalue weighted by Gasteiger charge is 2.30. The van der Waals surface area contributed by atoms with Crippen molar-refractivity contribution in [3.63, 3.8) is 0 Å². The molecule has 0 bridgehead atoms. The summed E-state index contributed by atoms with van der Waals surface area (Å²) in [5.74, 6) is -0.202. The molecule has 0 amide bonds. The van der Waals surface area contributed by atoms with Crippen molar-refractivity contribution >= 4 is 5.97 Å². The zero-order chi connectivity index (χ0) is 18.7. The summed E-state index contributed by atoms with van der Waals surface area (Å²) in [4.78, 5) is 12.5. The summed E-state index contributed by atoms with van der Waals surface area (Å²) in [6, 6.07) is 20.5. The van der Waals surface area contributed by atoms with Gasteiger partial charge < -0.3 is 14.9 Å². The molecule has 0 aliphatic rings. The number of carbonyl (C=O) groups is 1. The average Bonchev–Trinajstić information content (AvgIpc) is 2.62. The van der Waals surface area contributed by atoms with Crippen LogP contribution in [0.25, 0.3) is 0 Å². The van der Waals surface area contributed by atoms with Crippen molar-refractivity contribution in [2.75, 3.05) is 0 Å². The molecular weight excluding hydrogens is 328 g/mol. The molecule has 3 aromatic rings. The summed E-state index contributed by atoms with van der Waals surface area (Å²) in [6.07, 6.45) is 0. The number of esters is 1. The molecule has 0 aliphatic heterocycles. The van der Waals surface area contributed by atoms with Crippen LogP contribution in [0.1, 0.15) is 35.3 Å². The van der Waals surface area contributed by atoms with Crippen LogP contribution < -0.4 is 4.74 Å². The zero-order valence-electron chi connectivity index (χ0n) is 14.6. The molecule has 0 unspecified atom stereocenters. The quantitative estimate of drug-likeness (QED) is 0.532. The Labute approximate surface area is 152 Å². The van der Waals surface area contributed by atoms with E-state index in [1.165, 1.54) is 12.1 Å². The minimum absolute atomic E-state index is 0.0997. The fourth-order valence-electron chi connectivity index (χ4n) is 3.02. The molecule has 0 fully saturated rings. The Balaban J connectivity index is 2.00. The molecule has 4 heteroatoms. The van der Waals surface area contributed by atoms with Gasteiger partial charge in [-0.15, -0.1) is 0 Å². The highest BCUT2D eigenvalue weighted by Crippen LogP contribution is 2.41. The zero-order valence-corrected chi connectivity index (χ0v) is 14.6. The molecule has 0 aromatic heterocycles. The number of rotatable bonds is 4. The standard InChI is InChI=1S/C22H20O4/c1-22(2,16-10-4-7-13-19(16)24)17-11-5-8-14-20(17)26-21(25)15-9-3-6-12-18(15)23/h3-14,23-24H,1-2H3. The summed E-state index contributed by atoms with van der Waals surface area (Å²) >= 11 is 0. The monoisotopic (exact) mass is 348 g/mol. The Morgan fingerprint density at radius 2 is 1.31 bits per heavy atom. The maximum Gasteiger partial charge on any atom is 0.347 e. The van der Waals surface area contributed by atoms with E-state index in [0.717, 1.165) is 11.1 Å². The number of carbonyl (C=O) groups excluding carboxylic acids is 1. The average molecular weight is 348 g/mol. The molecule has 26 heavy (non-hydrogen) atoms. The van der Waals surface area contributed by atoms with Gasteiger partial charge in [0.15, 0.2) is 0 Å². The molecule has 132 valence electrons. The Bertz CT molecular complexity index is 944. The Kier molecular flexibility index (Phi) is 4.67. The topological polar surface area (TPSA) is 66.8 Å². The highest BCUT2D eigenvalue weighted by molar-refractivity contribution is 5.94. The fraction of sp³-hybridized carbons (Fsp3) is 0.136. The van der Waals surface area contributed by atoms with Gasteiger partial charge in [-0.2, -0.15) is 0 Å². The van der Waals surface area contributed by atoms with E-state index in [0.29, 0.717) is 5.75 Å². The molecular formula is C22H20O4. The van der Waals surface area contributed by atoms with Gasteiger partial charge in [-0.25, -0.2) is 4.79 Å². The summed E-state index contributed by atoms with van der Waals surface area (Å²) < 4.78 is 5.58. The Morgan fingerprint density at radius 3 is 1.96 bits per heavy atom. The van der Waals surface area contributed by atoms with Crippen LogP contribution in [0, 0.1) is 0 Å². The number of hydrogen-bond donors (Lipinski definition) is 2. The number of phenols is 2. The van der Waals surface area contributed by atoms with E-state index < -0.39 is 11.4 Å². The smallest absolute Gasteiger partial charge is 0.347 e. The first-order valence-electron chi connectivity index (χ1n) is 8.29. The second-order valence-corrected chi connectivity index (χ2v) is 6.54. The van der Waals surface area contributed by atoms with Gasteiger partial charge in [0.05, 0.1) is 0 Å². The van der Waals surface area contributed by atoms with Crippen molar-refractivity contribution in [1.29, 1.82) is 0 Å². The van der Waals surface area contributed by atoms with Crippen molar-refractivity contribution in [1.82, 2.24) is 0 Å². The van der Waals surface area contributed by atoms with Gasteiger partial charge in [0.2, 0.25) is 0 Å². The fourth-order valence-corrected chi connectivity index (χ4v) is 3.02.